The van der Waals surface area contributed by atoms with Gasteiger partial charge >= 0.3 is 0 Å². The van der Waals surface area contributed by atoms with Gasteiger partial charge < -0.3 is 14.3 Å². The third-order valence-corrected chi connectivity index (χ3v) is 3.02. The van der Waals surface area contributed by atoms with Crippen LogP contribution in [0, 0.1) is 0 Å². The summed E-state index contributed by atoms with van der Waals surface area (Å²) in [4.78, 5) is 23.3. The highest BCUT2D eigenvalue weighted by Crippen LogP contribution is 2.19. The summed E-state index contributed by atoms with van der Waals surface area (Å²) >= 11 is 0. The highest BCUT2D eigenvalue weighted by molar-refractivity contribution is 5.91. The van der Waals surface area contributed by atoms with Gasteiger partial charge in [0, 0.05) is 18.3 Å². The van der Waals surface area contributed by atoms with E-state index in [1.54, 1.807) is 30.5 Å². The van der Waals surface area contributed by atoms with Crippen LogP contribution in [0.2, 0.25) is 0 Å². The molecule has 1 saturated carbocycles. The summed E-state index contributed by atoms with van der Waals surface area (Å²) in [5.41, 5.74) is -0.0946. The smallest absolute Gasteiger partial charge is 0.287 e. The first-order valence-electron chi connectivity index (χ1n) is 6.27. The number of carbonyl (C=O) groups excluding carboxylic acids is 1. The number of rotatable bonds is 4. The van der Waals surface area contributed by atoms with Crippen LogP contribution < -0.4 is 10.9 Å². The number of hydrogen-bond acceptors (Lipinski definition) is 3. The molecule has 0 spiro atoms. The number of aromatic nitrogens is 1. The number of amides is 1. The van der Waals surface area contributed by atoms with Gasteiger partial charge in [-0.05, 0) is 31.0 Å². The van der Waals surface area contributed by atoms with E-state index in [-0.39, 0.29) is 11.5 Å². The minimum atomic E-state index is -0.186. The highest BCUT2D eigenvalue weighted by Gasteiger charge is 2.25. The largest absolute Gasteiger partial charge is 0.454 e. The first kappa shape index (κ1) is 11.8. The van der Waals surface area contributed by atoms with E-state index >= 15 is 0 Å². The van der Waals surface area contributed by atoms with Gasteiger partial charge in [0.2, 0.25) is 0 Å². The molecule has 1 aliphatic rings. The predicted octanol–water partition coefficient (Wildman–Crippen LogP) is 1.38. The minimum Gasteiger partial charge on any atom is -0.454 e. The van der Waals surface area contributed by atoms with Crippen LogP contribution in [0.1, 0.15) is 29.2 Å². The number of furan rings is 1. The number of carbonyl (C=O) groups is 1. The van der Waals surface area contributed by atoms with E-state index in [0.29, 0.717) is 24.1 Å². The molecule has 2 aromatic rings. The zero-order valence-corrected chi connectivity index (χ0v) is 10.3. The van der Waals surface area contributed by atoms with Crippen molar-refractivity contribution in [1.29, 1.82) is 0 Å². The Morgan fingerprint density at radius 3 is 2.89 bits per heavy atom. The average molecular weight is 258 g/mol. The van der Waals surface area contributed by atoms with E-state index in [4.69, 9.17) is 4.42 Å². The molecule has 0 atom stereocenters. The van der Waals surface area contributed by atoms with Crippen molar-refractivity contribution < 1.29 is 9.21 Å². The molecule has 1 aliphatic carbocycles. The zero-order valence-electron chi connectivity index (χ0n) is 10.3. The molecule has 0 aromatic carbocycles. The fourth-order valence-electron chi connectivity index (χ4n) is 1.83. The molecule has 0 unspecified atom stereocenters. The Kier molecular flexibility index (Phi) is 2.95. The van der Waals surface area contributed by atoms with Crippen LogP contribution >= 0.6 is 0 Å². The van der Waals surface area contributed by atoms with Gasteiger partial charge in [-0.15, -0.1) is 0 Å². The van der Waals surface area contributed by atoms with Gasteiger partial charge in [0.05, 0.1) is 6.54 Å². The SMILES string of the molecule is O=C(NC1CC1)c1ccc(Cn2ccccc2=O)o1. The molecule has 1 N–H and O–H groups in total. The Labute approximate surface area is 109 Å². The molecule has 1 amide bonds. The lowest BCUT2D eigenvalue weighted by Gasteiger charge is -2.02. The van der Waals surface area contributed by atoms with Crippen LogP contribution in [-0.2, 0) is 6.54 Å². The van der Waals surface area contributed by atoms with E-state index in [1.165, 1.54) is 10.6 Å². The predicted molar refractivity (Wildman–Crippen MR) is 69.0 cm³/mol. The van der Waals surface area contributed by atoms with Crippen molar-refractivity contribution in [1.82, 2.24) is 9.88 Å². The lowest BCUT2D eigenvalue weighted by molar-refractivity contribution is 0.0921. The molecule has 0 aliphatic heterocycles. The minimum absolute atomic E-state index is 0.0946. The number of hydrogen-bond donors (Lipinski definition) is 1. The molecular formula is C14H14N2O3. The molecule has 0 radical (unpaired) electrons. The molecule has 3 rings (SSSR count). The van der Waals surface area contributed by atoms with Gasteiger partial charge in [0.15, 0.2) is 5.76 Å². The van der Waals surface area contributed by atoms with Crippen molar-refractivity contribution >= 4 is 5.91 Å². The van der Waals surface area contributed by atoms with Gasteiger partial charge in [0.25, 0.3) is 11.5 Å². The van der Waals surface area contributed by atoms with Gasteiger partial charge in [-0.2, -0.15) is 0 Å². The van der Waals surface area contributed by atoms with Gasteiger partial charge in [-0.25, -0.2) is 0 Å². The first-order valence-corrected chi connectivity index (χ1v) is 6.27. The summed E-state index contributed by atoms with van der Waals surface area (Å²) in [6.07, 6.45) is 3.77. The second-order valence-corrected chi connectivity index (χ2v) is 4.68. The Morgan fingerprint density at radius 2 is 2.16 bits per heavy atom. The second-order valence-electron chi connectivity index (χ2n) is 4.68. The number of pyridine rings is 1. The maximum absolute atomic E-state index is 11.8. The normalized spacial score (nSPS) is 14.3. The van der Waals surface area contributed by atoms with Crippen LogP contribution in [0.4, 0.5) is 0 Å². The van der Waals surface area contributed by atoms with Crippen LogP contribution in [0.5, 0.6) is 0 Å². The quantitative estimate of drug-likeness (QED) is 0.901. The van der Waals surface area contributed by atoms with E-state index < -0.39 is 0 Å². The maximum Gasteiger partial charge on any atom is 0.287 e. The Morgan fingerprint density at radius 1 is 1.32 bits per heavy atom. The van der Waals surface area contributed by atoms with Crippen LogP contribution in [-0.4, -0.2) is 16.5 Å². The van der Waals surface area contributed by atoms with E-state index in [9.17, 15) is 9.59 Å². The molecule has 2 aromatic heterocycles. The fraction of sp³-hybridized carbons (Fsp3) is 0.286. The summed E-state index contributed by atoms with van der Waals surface area (Å²) in [6, 6.07) is 8.63. The Hall–Kier alpha value is -2.30. The maximum atomic E-state index is 11.8. The monoisotopic (exact) mass is 258 g/mol. The van der Waals surface area contributed by atoms with Crippen molar-refractivity contribution in [3.8, 4) is 0 Å². The summed E-state index contributed by atoms with van der Waals surface area (Å²) in [6.45, 7) is 0.330. The molecule has 5 heteroatoms. The van der Waals surface area contributed by atoms with Gasteiger partial charge in [0.1, 0.15) is 5.76 Å². The molecule has 0 bridgehead atoms. The molecule has 5 nitrogen and oxygen atoms in total. The zero-order chi connectivity index (χ0) is 13.2. The van der Waals surface area contributed by atoms with Crippen molar-refractivity contribution in [3.05, 3.63) is 58.4 Å². The number of nitrogens with zero attached hydrogens (tertiary/aromatic N) is 1. The topological polar surface area (TPSA) is 64.2 Å². The molecule has 1 fully saturated rings. The van der Waals surface area contributed by atoms with Crippen molar-refractivity contribution in [2.45, 2.75) is 25.4 Å². The molecule has 2 heterocycles. The van der Waals surface area contributed by atoms with Crippen molar-refractivity contribution in [2.75, 3.05) is 0 Å². The lowest BCUT2D eigenvalue weighted by atomic mass is 10.4. The third kappa shape index (κ3) is 2.76. The standard InChI is InChI=1S/C14H14N2O3/c17-13-3-1-2-8-16(13)9-11-6-7-12(19-11)14(18)15-10-4-5-10/h1-3,6-8,10H,4-5,9H2,(H,15,18). The molecule has 98 valence electrons. The molecule has 19 heavy (non-hydrogen) atoms. The van der Waals surface area contributed by atoms with Crippen molar-refractivity contribution in [3.63, 3.8) is 0 Å². The first-order chi connectivity index (χ1) is 9.22. The molecule has 0 saturated heterocycles. The van der Waals surface area contributed by atoms with E-state index in [1.807, 2.05) is 0 Å². The van der Waals surface area contributed by atoms with Crippen molar-refractivity contribution in [2.24, 2.45) is 0 Å². The highest BCUT2D eigenvalue weighted by atomic mass is 16.4. The van der Waals surface area contributed by atoms with E-state index in [0.717, 1.165) is 12.8 Å². The fourth-order valence-corrected chi connectivity index (χ4v) is 1.83. The molecular weight excluding hydrogens is 244 g/mol. The average Bonchev–Trinajstić information content (AvgIpc) is 3.08. The van der Waals surface area contributed by atoms with Gasteiger partial charge in [-0.1, -0.05) is 6.07 Å². The third-order valence-electron chi connectivity index (χ3n) is 3.02. The Balaban J connectivity index is 1.72. The van der Waals surface area contributed by atoms with E-state index in [2.05, 4.69) is 5.32 Å². The van der Waals surface area contributed by atoms with Gasteiger partial charge in [-0.3, -0.25) is 9.59 Å². The summed E-state index contributed by atoms with van der Waals surface area (Å²) in [5, 5.41) is 2.86. The Bertz CT molecular complexity index is 652. The van der Waals surface area contributed by atoms with Crippen LogP contribution in [0.25, 0.3) is 0 Å². The summed E-state index contributed by atoms with van der Waals surface area (Å²) < 4.78 is 6.99. The number of nitrogens with one attached hydrogen (secondary N) is 1. The second kappa shape index (κ2) is 4.76. The van der Waals surface area contributed by atoms with Crippen LogP contribution in [0.15, 0.2) is 45.7 Å². The summed E-state index contributed by atoms with van der Waals surface area (Å²) in [5.74, 6) is 0.703. The lowest BCUT2D eigenvalue weighted by Crippen LogP contribution is -2.24. The summed E-state index contributed by atoms with van der Waals surface area (Å²) in [7, 11) is 0. The van der Waals surface area contributed by atoms with Crippen LogP contribution in [0.3, 0.4) is 0 Å².